The molecular formula is C9H11BrN2O2. The molecule has 0 aromatic carbocycles. The van der Waals surface area contributed by atoms with Crippen LogP contribution in [0, 0.1) is 0 Å². The topological polar surface area (TPSA) is 44.1 Å². The Morgan fingerprint density at radius 1 is 1.64 bits per heavy atom. The van der Waals surface area contributed by atoms with Crippen LogP contribution in [0.3, 0.4) is 0 Å². The molecule has 0 spiro atoms. The fraction of sp³-hybridized carbons (Fsp3) is 0.556. The number of nitrogens with zero attached hydrogens (tertiary/aromatic N) is 2. The van der Waals surface area contributed by atoms with E-state index in [1.165, 1.54) is 0 Å². The number of carbonyl (C=O) groups excluding carboxylic acids is 1. The van der Waals surface area contributed by atoms with Crippen molar-refractivity contribution in [3.8, 4) is 0 Å². The molecule has 0 bridgehead atoms. The Bertz CT molecular complexity index is 332. The molecule has 0 unspecified atom stereocenters. The van der Waals surface area contributed by atoms with E-state index in [0.717, 1.165) is 36.6 Å². The highest BCUT2D eigenvalue weighted by Gasteiger charge is 2.20. The zero-order valence-corrected chi connectivity index (χ0v) is 9.24. The Morgan fingerprint density at radius 2 is 2.50 bits per heavy atom. The van der Waals surface area contributed by atoms with Crippen LogP contribution in [0.25, 0.3) is 0 Å². The largest absolute Gasteiger partial charge is 0.356 e. The van der Waals surface area contributed by atoms with E-state index in [-0.39, 0.29) is 6.23 Å². The van der Waals surface area contributed by atoms with Crippen molar-refractivity contribution in [1.29, 1.82) is 0 Å². The molecule has 0 radical (unpaired) electrons. The molecular weight excluding hydrogens is 248 g/mol. The van der Waals surface area contributed by atoms with Crippen LogP contribution in [0.1, 0.15) is 36.0 Å². The lowest BCUT2D eigenvalue weighted by Crippen LogP contribution is -2.20. The van der Waals surface area contributed by atoms with Gasteiger partial charge in [0.2, 0.25) is 0 Å². The maximum absolute atomic E-state index is 10.8. The zero-order chi connectivity index (χ0) is 9.97. The summed E-state index contributed by atoms with van der Waals surface area (Å²) in [5.74, 6) is 0. The minimum Gasteiger partial charge on any atom is -0.356 e. The monoisotopic (exact) mass is 258 g/mol. The average molecular weight is 259 g/mol. The molecule has 5 heteroatoms. The van der Waals surface area contributed by atoms with Gasteiger partial charge in [0.05, 0.1) is 10.7 Å². The van der Waals surface area contributed by atoms with E-state index in [1.807, 2.05) is 0 Å². The number of carbonyl (C=O) groups is 1. The summed E-state index contributed by atoms with van der Waals surface area (Å²) in [6.07, 6.45) is 5.50. The van der Waals surface area contributed by atoms with Gasteiger partial charge in [-0.3, -0.25) is 4.79 Å². The minimum atomic E-state index is -0.0738. The van der Waals surface area contributed by atoms with E-state index in [4.69, 9.17) is 4.74 Å². The van der Waals surface area contributed by atoms with Gasteiger partial charge >= 0.3 is 0 Å². The minimum absolute atomic E-state index is 0.0738. The normalized spacial score (nSPS) is 22.2. The number of aromatic nitrogens is 2. The summed E-state index contributed by atoms with van der Waals surface area (Å²) in [4.78, 5) is 10.8. The van der Waals surface area contributed by atoms with Gasteiger partial charge in [0.1, 0.15) is 5.69 Å². The second-order valence-electron chi connectivity index (χ2n) is 3.26. The molecule has 2 heterocycles. The Balaban J connectivity index is 2.25. The molecule has 2 rings (SSSR count). The van der Waals surface area contributed by atoms with Gasteiger partial charge in [-0.2, -0.15) is 5.10 Å². The Labute approximate surface area is 90.4 Å². The summed E-state index contributed by atoms with van der Waals surface area (Å²) in [7, 11) is 0. The van der Waals surface area contributed by atoms with E-state index in [9.17, 15) is 4.79 Å². The Morgan fingerprint density at radius 3 is 3.14 bits per heavy atom. The smallest absolute Gasteiger partial charge is 0.169 e. The van der Waals surface area contributed by atoms with Gasteiger partial charge in [0.25, 0.3) is 0 Å². The van der Waals surface area contributed by atoms with Crippen molar-refractivity contribution in [2.24, 2.45) is 0 Å². The fourth-order valence-corrected chi connectivity index (χ4v) is 1.97. The zero-order valence-electron chi connectivity index (χ0n) is 7.65. The van der Waals surface area contributed by atoms with E-state index < -0.39 is 0 Å². The second-order valence-corrected chi connectivity index (χ2v) is 4.12. The van der Waals surface area contributed by atoms with Crippen molar-refractivity contribution >= 4 is 22.2 Å². The highest BCUT2D eigenvalue weighted by Crippen LogP contribution is 2.25. The van der Waals surface area contributed by atoms with Gasteiger partial charge < -0.3 is 4.74 Å². The van der Waals surface area contributed by atoms with Crippen molar-refractivity contribution in [2.75, 3.05) is 6.61 Å². The molecule has 0 saturated carbocycles. The second kappa shape index (κ2) is 4.23. The highest BCUT2D eigenvalue weighted by molar-refractivity contribution is 9.10. The molecule has 1 fully saturated rings. The Hall–Kier alpha value is -0.680. The summed E-state index contributed by atoms with van der Waals surface area (Å²) in [5.41, 5.74) is 0.553. The molecule has 1 atom stereocenters. The van der Waals surface area contributed by atoms with E-state index in [0.29, 0.717) is 5.69 Å². The predicted molar refractivity (Wildman–Crippen MR) is 54.2 cm³/mol. The molecule has 14 heavy (non-hydrogen) atoms. The lowest BCUT2D eigenvalue weighted by Gasteiger charge is -2.23. The third-order valence-electron chi connectivity index (χ3n) is 2.33. The molecule has 1 aromatic rings. The molecule has 0 aliphatic carbocycles. The van der Waals surface area contributed by atoms with Gasteiger partial charge in [0, 0.05) is 6.61 Å². The predicted octanol–water partition coefficient (Wildman–Crippen LogP) is 2.16. The maximum Gasteiger partial charge on any atom is 0.169 e. The van der Waals surface area contributed by atoms with Gasteiger partial charge in [0.15, 0.2) is 12.5 Å². The lowest BCUT2D eigenvalue weighted by atomic mass is 10.2. The third kappa shape index (κ3) is 1.74. The van der Waals surface area contributed by atoms with Gasteiger partial charge in [-0.25, -0.2) is 4.68 Å². The molecule has 1 saturated heterocycles. The SMILES string of the molecule is O=Cc1c(Br)cnn1[C@@H]1CCCCO1. The molecule has 0 amide bonds. The van der Waals surface area contributed by atoms with Gasteiger partial charge in [-0.15, -0.1) is 0 Å². The van der Waals surface area contributed by atoms with Crippen LogP contribution in [0.15, 0.2) is 10.7 Å². The first-order valence-electron chi connectivity index (χ1n) is 4.62. The summed E-state index contributed by atoms with van der Waals surface area (Å²) >= 11 is 3.27. The van der Waals surface area contributed by atoms with Crippen LogP contribution in [-0.2, 0) is 4.74 Å². The standard InChI is InChI=1S/C9H11BrN2O2/c10-7-5-11-12(8(7)6-13)9-3-1-2-4-14-9/h5-6,9H,1-4H2/t9-/m0/s1. The number of halogens is 1. The number of aldehydes is 1. The van der Waals surface area contributed by atoms with Crippen LogP contribution >= 0.6 is 15.9 Å². The number of hydrogen-bond acceptors (Lipinski definition) is 3. The first-order chi connectivity index (χ1) is 6.83. The van der Waals surface area contributed by atoms with E-state index in [1.54, 1.807) is 10.9 Å². The number of ether oxygens (including phenoxy) is 1. The molecule has 1 aliphatic heterocycles. The molecule has 0 N–H and O–H groups in total. The number of hydrogen-bond donors (Lipinski definition) is 0. The molecule has 1 aromatic heterocycles. The summed E-state index contributed by atoms with van der Waals surface area (Å²) in [6, 6.07) is 0. The van der Waals surface area contributed by atoms with Crippen molar-refractivity contribution in [3.05, 3.63) is 16.4 Å². The molecule has 76 valence electrons. The number of rotatable bonds is 2. The van der Waals surface area contributed by atoms with Crippen molar-refractivity contribution < 1.29 is 9.53 Å². The first-order valence-corrected chi connectivity index (χ1v) is 5.42. The van der Waals surface area contributed by atoms with E-state index in [2.05, 4.69) is 21.0 Å². The first kappa shape index (κ1) is 9.86. The Kier molecular flexibility index (Phi) is 2.98. The summed E-state index contributed by atoms with van der Waals surface area (Å²) < 4.78 is 7.91. The summed E-state index contributed by atoms with van der Waals surface area (Å²) in [6.45, 7) is 0.750. The van der Waals surface area contributed by atoms with Gasteiger partial charge in [-0.05, 0) is 35.2 Å². The third-order valence-corrected chi connectivity index (χ3v) is 2.94. The van der Waals surface area contributed by atoms with Crippen LogP contribution < -0.4 is 0 Å². The summed E-state index contributed by atoms with van der Waals surface area (Å²) in [5, 5.41) is 4.12. The highest BCUT2D eigenvalue weighted by atomic mass is 79.9. The van der Waals surface area contributed by atoms with Crippen molar-refractivity contribution in [3.63, 3.8) is 0 Å². The van der Waals surface area contributed by atoms with Crippen molar-refractivity contribution in [1.82, 2.24) is 9.78 Å². The van der Waals surface area contributed by atoms with Crippen LogP contribution in [-0.4, -0.2) is 22.7 Å². The van der Waals surface area contributed by atoms with Gasteiger partial charge in [-0.1, -0.05) is 0 Å². The van der Waals surface area contributed by atoms with E-state index >= 15 is 0 Å². The lowest BCUT2D eigenvalue weighted by molar-refractivity contribution is -0.0403. The van der Waals surface area contributed by atoms with Crippen LogP contribution in [0.5, 0.6) is 0 Å². The molecule has 1 aliphatic rings. The van der Waals surface area contributed by atoms with Crippen molar-refractivity contribution in [2.45, 2.75) is 25.5 Å². The molecule has 4 nitrogen and oxygen atoms in total. The quantitative estimate of drug-likeness (QED) is 0.764. The fourth-order valence-electron chi connectivity index (χ4n) is 1.61. The maximum atomic E-state index is 10.8. The van der Waals surface area contributed by atoms with Crippen LogP contribution in [0.2, 0.25) is 0 Å². The van der Waals surface area contributed by atoms with Crippen LogP contribution in [0.4, 0.5) is 0 Å². The average Bonchev–Trinajstić information content (AvgIpc) is 2.61.